The molecule has 0 N–H and O–H groups in total. The van der Waals surface area contributed by atoms with E-state index in [0.717, 1.165) is 7.11 Å². The van der Waals surface area contributed by atoms with Gasteiger partial charge in [0.15, 0.2) is 5.78 Å². The summed E-state index contributed by atoms with van der Waals surface area (Å²) in [6.45, 7) is 0. The second-order valence-corrected chi connectivity index (χ2v) is 7.90. The fraction of sp³-hybridized carbons (Fsp3) is 0.0800. The van der Waals surface area contributed by atoms with Crippen molar-refractivity contribution in [2.24, 2.45) is 0 Å². The second-order valence-electron chi connectivity index (χ2n) is 7.46. The fourth-order valence-electron chi connectivity index (χ4n) is 4.24. The summed E-state index contributed by atoms with van der Waals surface area (Å²) < 4.78 is 11.3. The van der Waals surface area contributed by atoms with E-state index < -0.39 is 17.7 Å². The SMILES string of the molecule is COC(=O)c1c(C(=O)OC)c2ccc3c(n2c1C(=O)c1ccc(Cl)cc1)-c1ncccc1C3=O. The smallest absolute Gasteiger partial charge is 0.341 e. The maximum Gasteiger partial charge on any atom is 0.341 e. The standard InChI is InChI=1S/C25H15ClN2O6/c1-33-24(31)17-16-10-9-15-20(19-14(23(15)30)4-3-11-27-19)28(16)21(18(17)25(32)34-2)22(29)12-5-7-13(26)8-6-12/h3-11H,1-2H3. The van der Waals surface area contributed by atoms with Crippen molar-refractivity contribution in [1.82, 2.24) is 9.38 Å². The quantitative estimate of drug-likeness (QED) is 0.286. The van der Waals surface area contributed by atoms with Crippen molar-refractivity contribution in [3.63, 3.8) is 0 Å². The molecule has 0 saturated heterocycles. The lowest BCUT2D eigenvalue weighted by Gasteiger charge is -2.10. The average Bonchev–Trinajstić information content (AvgIpc) is 3.36. The van der Waals surface area contributed by atoms with E-state index >= 15 is 0 Å². The number of carbonyl (C=O) groups excluding carboxylic acids is 4. The van der Waals surface area contributed by atoms with Crippen LogP contribution in [0, 0.1) is 0 Å². The van der Waals surface area contributed by atoms with Crippen LogP contribution in [0.2, 0.25) is 5.02 Å². The Morgan fingerprint density at radius 3 is 2.24 bits per heavy atom. The van der Waals surface area contributed by atoms with Crippen LogP contribution in [0.15, 0.2) is 54.7 Å². The van der Waals surface area contributed by atoms with Crippen LogP contribution in [0.25, 0.3) is 16.9 Å². The number of benzene rings is 1. The first-order valence-corrected chi connectivity index (χ1v) is 10.4. The second kappa shape index (κ2) is 7.93. The van der Waals surface area contributed by atoms with E-state index in [1.165, 1.54) is 48.0 Å². The van der Waals surface area contributed by atoms with Gasteiger partial charge >= 0.3 is 11.9 Å². The molecule has 34 heavy (non-hydrogen) atoms. The van der Waals surface area contributed by atoms with Crippen LogP contribution in [-0.4, -0.2) is 47.1 Å². The van der Waals surface area contributed by atoms with Gasteiger partial charge in [-0.2, -0.15) is 0 Å². The van der Waals surface area contributed by atoms with Gasteiger partial charge in [0.25, 0.3) is 0 Å². The first-order chi connectivity index (χ1) is 16.4. The number of fused-ring (bicyclic) bond motifs is 5. The van der Waals surface area contributed by atoms with Crippen LogP contribution in [0.3, 0.4) is 0 Å². The number of nitrogens with zero attached hydrogens (tertiary/aromatic N) is 2. The van der Waals surface area contributed by atoms with Crippen LogP contribution < -0.4 is 0 Å². The number of ether oxygens (including phenoxy) is 2. The minimum Gasteiger partial charge on any atom is -0.465 e. The third-order valence-corrected chi connectivity index (χ3v) is 5.97. The highest BCUT2D eigenvalue weighted by Crippen LogP contribution is 2.39. The number of ketones is 2. The molecule has 0 spiro atoms. The first-order valence-electron chi connectivity index (χ1n) is 10.1. The maximum atomic E-state index is 13.8. The predicted molar refractivity (Wildman–Crippen MR) is 122 cm³/mol. The summed E-state index contributed by atoms with van der Waals surface area (Å²) in [6.07, 6.45) is 1.52. The van der Waals surface area contributed by atoms with E-state index in [2.05, 4.69) is 4.98 Å². The number of pyridine rings is 2. The summed E-state index contributed by atoms with van der Waals surface area (Å²) in [5.74, 6) is -2.59. The van der Waals surface area contributed by atoms with Gasteiger partial charge in [-0.25, -0.2) is 9.59 Å². The van der Waals surface area contributed by atoms with Crippen molar-refractivity contribution in [1.29, 1.82) is 0 Å². The van der Waals surface area contributed by atoms with Crippen molar-refractivity contribution in [3.8, 4) is 11.4 Å². The third-order valence-electron chi connectivity index (χ3n) is 5.72. The Bertz CT molecular complexity index is 1550. The van der Waals surface area contributed by atoms with Gasteiger partial charge in [-0.1, -0.05) is 11.6 Å². The number of aromatic nitrogens is 2. The molecule has 0 radical (unpaired) electrons. The highest BCUT2D eigenvalue weighted by molar-refractivity contribution is 6.31. The molecule has 1 aliphatic rings. The summed E-state index contributed by atoms with van der Waals surface area (Å²) in [4.78, 5) is 57.0. The van der Waals surface area contributed by atoms with Gasteiger partial charge in [0.1, 0.15) is 16.8 Å². The molecule has 0 saturated carbocycles. The zero-order chi connectivity index (χ0) is 24.1. The lowest BCUT2D eigenvalue weighted by molar-refractivity contribution is 0.0556. The molecule has 0 aliphatic heterocycles. The molecule has 0 bridgehead atoms. The number of esters is 2. The minimum atomic E-state index is -0.902. The normalized spacial score (nSPS) is 11.8. The van der Waals surface area contributed by atoms with Crippen LogP contribution in [0.5, 0.6) is 0 Å². The van der Waals surface area contributed by atoms with Crippen LogP contribution in [0.4, 0.5) is 0 Å². The molecule has 0 fully saturated rings. The largest absolute Gasteiger partial charge is 0.465 e. The molecule has 0 amide bonds. The zero-order valence-corrected chi connectivity index (χ0v) is 18.7. The van der Waals surface area contributed by atoms with Gasteiger partial charge in [0.2, 0.25) is 5.78 Å². The molecule has 0 unspecified atom stereocenters. The third kappa shape index (κ3) is 2.96. The summed E-state index contributed by atoms with van der Waals surface area (Å²) in [6, 6.07) is 12.4. The minimum absolute atomic E-state index is 0.146. The van der Waals surface area contributed by atoms with E-state index in [-0.39, 0.29) is 39.2 Å². The number of halogens is 1. The van der Waals surface area contributed by atoms with Crippen molar-refractivity contribution in [2.75, 3.05) is 14.2 Å². The Hall–Kier alpha value is -4.30. The molecule has 168 valence electrons. The molecule has 1 aliphatic carbocycles. The number of hydrogen-bond donors (Lipinski definition) is 0. The van der Waals surface area contributed by atoms with Crippen molar-refractivity contribution >= 4 is 40.6 Å². The highest BCUT2D eigenvalue weighted by Gasteiger charge is 2.38. The van der Waals surface area contributed by atoms with Crippen molar-refractivity contribution in [3.05, 3.63) is 93.3 Å². The molecule has 9 heteroatoms. The van der Waals surface area contributed by atoms with Crippen LogP contribution in [-0.2, 0) is 9.47 Å². The summed E-state index contributed by atoms with van der Waals surface area (Å²) in [5.41, 5.74) is 1.13. The Kier molecular flexibility index (Phi) is 5.02. The maximum absolute atomic E-state index is 13.8. The van der Waals surface area contributed by atoms with Crippen molar-refractivity contribution in [2.45, 2.75) is 0 Å². The van der Waals surface area contributed by atoms with E-state index in [9.17, 15) is 19.2 Å². The fourth-order valence-corrected chi connectivity index (χ4v) is 4.37. The average molecular weight is 475 g/mol. The number of carbonyl (C=O) groups is 4. The van der Waals surface area contributed by atoms with Crippen molar-refractivity contribution < 1.29 is 28.7 Å². The molecular weight excluding hydrogens is 460 g/mol. The summed E-state index contributed by atoms with van der Waals surface area (Å²) >= 11 is 5.98. The Morgan fingerprint density at radius 2 is 1.56 bits per heavy atom. The summed E-state index contributed by atoms with van der Waals surface area (Å²) in [7, 11) is 2.31. The summed E-state index contributed by atoms with van der Waals surface area (Å²) in [5, 5.41) is 0.421. The van der Waals surface area contributed by atoms with Gasteiger partial charge in [-0.05, 0) is 48.5 Å². The molecule has 5 rings (SSSR count). The van der Waals surface area contributed by atoms with Gasteiger partial charge in [0, 0.05) is 22.3 Å². The molecule has 3 heterocycles. The molecule has 3 aromatic heterocycles. The van der Waals surface area contributed by atoms with Gasteiger partial charge in [-0.15, -0.1) is 0 Å². The zero-order valence-electron chi connectivity index (χ0n) is 17.9. The molecule has 0 atom stereocenters. The Morgan fingerprint density at radius 1 is 0.882 bits per heavy atom. The molecule has 4 aromatic rings. The van der Waals surface area contributed by atoms with E-state index in [4.69, 9.17) is 21.1 Å². The predicted octanol–water partition coefficient (Wildman–Crippen LogP) is 4.00. The number of hydrogen-bond acceptors (Lipinski definition) is 7. The monoisotopic (exact) mass is 474 g/mol. The topological polar surface area (TPSA) is 104 Å². The first kappa shape index (κ1) is 21.5. The van der Waals surface area contributed by atoms with Gasteiger partial charge in [-0.3, -0.25) is 14.6 Å². The molecular formula is C25H15ClN2O6. The number of methoxy groups -OCH3 is 2. The van der Waals surface area contributed by atoms with E-state index in [0.29, 0.717) is 22.0 Å². The highest BCUT2D eigenvalue weighted by atomic mass is 35.5. The number of rotatable bonds is 4. The Balaban J connectivity index is 1.97. The van der Waals surface area contributed by atoms with Crippen LogP contribution in [0.1, 0.15) is 52.7 Å². The van der Waals surface area contributed by atoms with E-state index in [1.54, 1.807) is 18.2 Å². The Labute approximate surface area is 197 Å². The lowest BCUT2D eigenvalue weighted by atomic mass is 10.0. The molecule has 8 nitrogen and oxygen atoms in total. The molecule has 1 aromatic carbocycles. The van der Waals surface area contributed by atoms with E-state index in [1.807, 2.05) is 0 Å². The van der Waals surface area contributed by atoms with Crippen LogP contribution >= 0.6 is 11.6 Å². The van der Waals surface area contributed by atoms with Gasteiger partial charge < -0.3 is 13.9 Å². The lowest BCUT2D eigenvalue weighted by Crippen LogP contribution is -2.15. The van der Waals surface area contributed by atoms with Gasteiger partial charge in [0.05, 0.1) is 36.7 Å².